The van der Waals surface area contributed by atoms with Gasteiger partial charge < -0.3 is 19.3 Å². The first-order chi connectivity index (χ1) is 17.7. The standard InChI is InChI=1S/C27H30F2N4O4/c1-37-26(35)23-12-21-19(14-31-9-6-27(36,7-10-31)17-32-8-2-3-25(32)34)16-33(24(21)13-30-23)15-18-4-5-20(28)11-22(18)29/h4-5,11-13,16,36H,2-3,6-10,14-15,17H2,1H3. The summed E-state index contributed by atoms with van der Waals surface area (Å²) < 4.78 is 34.5. The van der Waals surface area contributed by atoms with E-state index in [1.165, 1.54) is 19.2 Å². The number of methoxy groups -OCH3 is 1. The van der Waals surface area contributed by atoms with Crippen LogP contribution in [0.4, 0.5) is 8.78 Å². The maximum Gasteiger partial charge on any atom is 0.356 e. The van der Waals surface area contributed by atoms with E-state index in [-0.39, 0.29) is 18.1 Å². The third-order valence-electron chi connectivity index (χ3n) is 7.44. The van der Waals surface area contributed by atoms with Crippen molar-refractivity contribution in [2.75, 3.05) is 33.3 Å². The fourth-order valence-corrected chi connectivity index (χ4v) is 5.32. The normalized spacial score (nSPS) is 18.1. The zero-order valence-electron chi connectivity index (χ0n) is 20.8. The third-order valence-corrected chi connectivity index (χ3v) is 7.44. The van der Waals surface area contributed by atoms with Crippen molar-refractivity contribution in [3.8, 4) is 0 Å². The molecule has 2 aliphatic rings. The molecule has 8 nitrogen and oxygen atoms in total. The quantitative estimate of drug-likeness (QED) is 0.490. The molecular weight excluding hydrogens is 482 g/mol. The minimum Gasteiger partial charge on any atom is -0.464 e. The molecule has 0 unspecified atom stereocenters. The lowest BCUT2D eigenvalue weighted by atomic mass is 9.90. The van der Waals surface area contributed by atoms with Crippen LogP contribution in [0.3, 0.4) is 0 Å². The van der Waals surface area contributed by atoms with E-state index in [0.29, 0.717) is 63.1 Å². The Labute approximate surface area is 213 Å². The SMILES string of the molecule is COC(=O)c1cc2c(CN3CCC(O)(CN4CCCC4=O)CC3)cn(Cc3ccc(F)cc3F)c2cn1. The van der Waals surface area contributed by atoms with Crippen LogP contribution in [0, 0.1) is 11.6 Å². The highest BCUT2D eigenvalue weighted by molar-refractivity contribution is 5.93. The highest BCUT2D eigenvalue weighted by atomic mass is 19.1. The van der Waals surface area contributed by atoms with Crippen molar-refractivity contribution in [3.63, 3.8) is 0 Å². The van der Waals surface area contributed by atoms with E-state index in [9.17, 15) is 23.5 Å². The highest BCUT2D eigenvalue weighted by Gasteiger charge is 2.36. The van der Waals surface area contributed by atoms with Crippen molar-refractivity contribution in [2.45, 2.75) is 44.4 Å². The largest absolute Gasteiger partial charge is 0.464 e. The van der Waals surface area contributed by atoms with E-state index < -0.39 is 23.2 Å². The maximum absolute atomic E-state index is 14.4. The van der Waals surface area contributed by atoms with Gasteiger partial charge in [-0.15, -0.1) is 0 Å². The van der Waals surface area contributed by atoms with Crippen LogP contribution in [0.15, 0.2) is 36.7 Å². The molecule has 37 heavy (non-hydrogen) atoms. The number of aromatic nitrogens is 2. The van der Waals surface area contributed by atoms with Gasteiger partial charge in [0.1, 0.15) is 17.3 Å². The van der Waals surface area contributed by atoms with Crippen LogP contribution in [0.1, 0.15) is 47.3 Å². The first-order valence-corrected chi connectivity index (χ1v) is 12.5. The minimum atomic E-state index is -0.896. The van der Waals surface area contributed by atoms with Crippen LogP contribution < -0.4 is 0 Å². The Kier molecular flexibility index (Phi) is 6.96. The number of carbonyl (C=O) groups is 2. The zero-order chi connectivity index (χ0) is 26.2. The summed E-state index contributed by atoms with van der Waals surface area (Å²) in [5.74, 6) is -1.71. The molecule has 2 fully saturated rings. The summed E-state index contributed by atoms with van der Waals surface area (Å²) in [5, 5.41) is 11.9. The summed E-state index contributed by atoms with van der Waals surface area (Å²) in [5.41, 5.74) is 1.25. The second-order valence-corrected chi connectivity index (χ2v) is 10.0. The Bertz CT molecular complexity index is 1330. The number of rotatable bonds is 7. The molecule has 10 heteroatoms. The smallest absolute Gasteiger partial charge is 0.356 e. The van der Waals surface area contributed by atoms with Gasteiger partial charge in [-0.3, -0.25) is 9.69 Å². The predicted octanol–water partition coefficient (Wildman–Crippen LogP) is 3.10. The lowest BCUT2D eigenvalue weighted by Gasteiger charge is -2.40. The maximum atomic E-state index is 14.4. The molecule has 2 aromatic heterocycles. The van der Waals surface area contributed by atoms with Crippen molar-refractivity contribution >= 4 is 22.8 Å². The second-order valence-electron chi connectivity index (χ2n) is 10.0. The molecule has 1 N–H and O–H groups in total. The molecule has 0 spiro atoms. The zero-order valence-corrected chi connectivity index (χ0v) is 20.8. The molecule has 1 aromatic carbocycles. The molecule has 0 aliphatic carbocycles. The molecule has 4 heterocycles. The average molecular weight is 513 g/mol. The minimum absolute atomic E-state index is 0.108. The number of aliphatic hydroxyl groups is 1. The van der Waals surface area contributed by atoms with Crippen molar-refractivity contribution in [1.82, 2.24) is 19.4 Å². The average Bonchev–Trinajstić information content (AvgIpc) is 3.44. The van der Waals surface area contributed by atoms with Crippen LogP contribution in [0.5, 0.6) is 0 Å². The van der Waals surface area contributed by atoms with Gasteiger partial charge in [0, 0.05) is 62.4 Å². The summed E-state index contributed by atoms with van der Waals surface area (Å²) in [4.78, 5) is 32.3. The summed E-state index contributed by atoms with van der Waals surface area (Å²) >= 11 is 0. The number of pyridine rings is 1. The molecule has 2 saturated heterocycles. The number of halogens is 2. The summed E-state index contributed by atoms with van der Waals surface area (Å²) in [7, 11) is 1.29. The number of hydrogen-bond donors (Lipinski definition) is 1. The summed E-state index contributed by atoms with van der Waals surface area (Å²) in [6.45, 7) is 3.09. The molecule has 0 atom stereocenters. The Hall–Kier alpha value is -3.37. The van der Waals surface area contributed by atoms with E-state index in [1.54, 1.807) is 17.2 Å². The van der Waals surface area contributed by atoms with Crippen LogP contribution in [0.2, 0.25) is 0 Å². The number of piperidine rings is 1. The topological polar surface area (TPSA) is 87.9 Å². The molecular formula is C27H30F2N4O4. The summed E-state index contributed by atoms with van der Waals surface area (Å²) in [6.07, 6.45) is 5.95. The Morgan fingerprint density at radius 3 is 2.59 bits per heavy atom. The molecule has 0 radical (unpaired) electrons. The Balaban J connectivity index is 1.37. The fourth-order valence-electron chi connectivity index (χ4n) is 5.32. The van der Waals surface area contributed by atoms with E-state index in [2.05, 4.69) is 9.88 Å². The Morgan fingerprint density at radius 1 is 1.14 bits per heavy atom. The monoisotopic (exact) mass is 512 g/mol. The van der Waals surface area contributed by atoms with Crippen LogP contribution >= 0.6 is 0 Å². The van der Waals surface area contributed by atoms with Crippen LogP contribution in [-0.2, 0) is 22.6 Å². The van der Waals surface area contributed by atoms with Gasteiger partial charge >= 0.3 is 5.97 Å². The molecule has 196 valence electrons. The number of nitrogens with zero attached hydrogens (tertiary/aromatic N) is 4. The van der Waals surface area contributed by atoms with E-state index in [0.717, 1.165) is 23.4 Å². The van der Waals surface area contributed by atoms with E-state index in [1.807, 2.05) is 10.8 Å². The molecule has 3 aromatic rings. The van der Waals surface area contributed by atoms with Gasteiger partial charge in [0.05, 0.1) is 31.0 Å². The van der Waals surface area contributed by atoms with Gasteiger partial charge in [-0.1, -0.05) is 6.07 Å². The number of hydrogen-bond acceptors (Lipinski definition) is 6. The number of β-amino-alcohol motifs (C(OH)–C–C–N with tert-alkyl or cyclic N) is 1. The van der Waals surface area contributed by atoms with Crippen LogP contribution in [-0.4, -0.2) is 75.2 Å². The van der Waals surface area contributed by atoms with Gasteiger partial charge in [0.25, 0.3) is 0 Å². The van der Waals surface area contributed by atoms with Gasteiger partial charge in [0.2, 0.25) is 5.91 Å². The molecule has 5 rings (SSSR count). The van der Waals surface area contributed by atoms with Gasteiger partial charge in [-0.2, -0.15) is 0 Å². The van der Waals surface area contributed by atoms with E-state index >= 15 is 0 Å². The van der Waals surface area contributed by atoms with Crippen molar-refractivity contribution in [3.05, 3.63) is 65.1 Å². The molecule has 0 bridgehead atoms. The molecule has 1 amide bonds. The fraction of sp³-hybridized carbons (Fsp3) is 0.444. The third kappa shape index (κ3) is 5.35. The van der Waals surface area contributed by atoms with E-state index in [4.69, 9.17) is 4.74 Å². The number of benzene rings is 1. The first kappa shape index (κ1) is 25.3. The lowest BCUT2D eigenvalue weighted by Crippen LogP contribution is -2.51. The van der Waals surface area contributed by atoms with Crippen molar-refractivity contribution < 1.29 is 28.2 Å². The number of fused-ring (bicyclic) bond motifs is 1. The number of amides is 1. The molecule has 0 saturated carbocycles. The molecule has 2 aliphatic heterocycles. The number of esters is 1. The number of carbonyl (C=O) groups excluding carboxylic acids is 2. The van der Waals surface area contributed by atoms with Crippen molar-refractivity contribution in [1.29, 1.82) is 0 Å². The van der Waals surface area contributed by atoms with Crippen LogP contribution in [0.25, 0.3) is 10.9 Å². The number of ether oxygens (including phenoxy) is 1. The first-order valence-electron chi connectivity index (χ1n) is 12.5. The predicted molar refractivity (Wildman–Crippen MR) is 132 cm³/mol. The lowest BCUT2D eigenvalue weighted by molar-refractivity contribution is -0.132. The summed E-state index contributed by atoms with van der Waals surface area (Å²) in [6, 6.07) is 5.18. The second kappa shape index (κ2) is 10.2. The number of likely N-dealkylation sites (tertiary alicyclic amines) is 2. The van der Waals surface area contributed by atoms with Gasteiger partial charge in [0.15, 0.2) is 0 Å². The van der Waals surface area contributed by atoms with Crippen molar-refractivity contribution in [2.24, 2.45) is 0 Å². The van der Waals surface area contributed by atoms with Gasteiger partial charge in [-0.25, -0.2) is 18.6 Å². The highest BCUT2D eigenvalue weighted by Crippen LogP contribution is 2.29. The van der Waals surface area contributed by atoms with Gasteiger partial charge in [-0.05, 0) is 37.0 Å². The Morgan fingerprint density at radius 2 is 1.92 bits per heavy atom.